The number of aromatic hydroxyl groups is 1. The third-order valence-corrected chi connectivity index (χ3v) is 4.14. The fourth-order valence-corrected chi connectivity index (χ4v) is 2.81. The zero-order chi connectivity index (χ0) is 15.7. The number of ether oxygens (including phenoxy) is 2. The first-order valence-electron chi connectivity index (χ1n) is 6.65. The van der Waals surface area contributed by atoms with E-state index in [9.17, 15) is 9.90 Å². The van der Waals surface area contributed by atoms with Gasteiger partial charge in [0.2, 0.25) is 5.76 Å². The summed E-state index contributed by atoms with van der Waals surface area (Å²) in [5, 5.41) is 10.5. The number of esters is 1. The van der Waals surface area contributed by atoms with Crippen LogP contribution in [-0.4, -0.2) is 18.2 Å². The predicted molar refractivity (Wildman–Crippen MR) is 85.1 cm³/mol. The molecule has 0 spiro atoms. The van der Waals surface area contributed by atoms with E-state index in [0.29, 0.717) is 15.6 Å². The summed E-state index contributed by atoms with van der Waals surface area (Å²) in [6, 6.07) is 12.9. The van der Waals surface area contributed by atoms with Crippen LogP contribution in [0.2, 0.25) is 0 Å². The smallest absolute Gasteiger partial charge is 0.374 e. The van der Waals surface area contributed by atoms with Gasteiger partial charge in [0, 0.05) is 16.7 Å². The molecular formula is C17H13BrO4. The molecule has 0 fully saturated rings. The van der Waals surface area contributed by atoms with Gasteiger partial charge in [-0.15, -0.1) is 0 Å². The van der Waals surface area contributed by atoms with Crippen LogP contribution in [0.3, 0.4) is 0 Å². The van der Waals surface area contributed by atoms with Crippen LogP contribution >= 0.6 is 15.9 Å². The van der Waals surface area contributed by atoms with Gasteiger partial charge in [-0.05, 0) is 27.6 Å². The molecule has 1 heterocycles. The molecular weight excluding hydrogens is 348 g/mol. The Morgan fingerprint density at radius 2 is 1.95 bits per heavy atom. The molecule has 1 aliphatic heterocycles. The maximum atomic E-state index is 12.1. The number of carbonyl (C=O) groups excluding carboxylic acids is 1. The van der Waals surface area contributed by atoms with E-state index in [-0.39, 0.29) is 18.1 Å². The molecule has 0 aromatic heterocycles. The highest BCUT2D eigenvalue weighted by Gasteiger charge is 2.30. The van der Waals surface area contributed by atoms with Gasteiger partial charge in [-0.2, -0.15) is 0 Å². The van der Waals surface area contributed by atoms with Gasteiger partial charge in [-0.3, -0.25) is 0 Å². The van der Waals surface area contributed by atoms with Crippen molar-refractivity contribution in [1.82, 2.24) is 0 Å². The SMILES string of the molecule is COC(=O)C1=C(c2ccccc2)c2c(ccc(Br)c2O)CO1. The van der Waals surface area contributed by atoms with Crippen molar-refractivity contribution in [2.75, 3.05) is 7.11 Å². The first kappa shape index (κ1) is 14.7. The molecule has 0 atom stereocenters. The molecule has 0 bridgehead atoms. The summed E-state index contributed by atoms with van der Waals surface area (Å²) in [5.41, 5.74) is 2.71. The van der Waals surface area contributed by atoms with Gasteiger partial charge < -0.3 is 14.6 Å². The van der Waals surface area contributed by atoms with Gasteiger partial charge >= 0.3 is 5.97 Å². The zero-order valence-electron chi connectivity index (χ0n) is 11.8. The molecule has 5 heteroatoms. The number of hydrogen-bond donors (Lipinski definition) is 1. The van der Waals surface area contributed by atoms with Crippen LogP contribution in [-0.2, 0) is 20.9 Å². The molecule has 0 saturated carbocycles. The molecule has 0 amide bonds. The Hall–Kier alpha value is -2.27. The monoisotopic (exact) mass is 360 g/mol. The predicted octanol–water partition coefficient (Wildman–Crippen LogP) is 3.62. The summed E-state index contributed by atoms with van der Waals surface area (Å²) < 4.78 is 11.0. The van der Waals surface area contributed by atoms with Crippen LogP contribution in [0.4, 0.5) is 0 Å². The Bertz CT molecular complexity index is 766. The number of halogens is 1. The largest absolute Gasteiger partial charge is 0.506 e. The Labute approximate surface area is 136 Å². The van der Waals surface area contributed by atoms with Crippen molar-refractivity contribution >= 4 is 27.5 Å². The average Bonchev–Trinajstić information content (AvgIpc) is 2.57. The summed E-state index contributed by atoms with van der Waals surface area (Å²) in [6.07, 6.45) is 0. The quantitative estimate of drug-likeness (QED) is 0.831. The van der Waals surface area contributed by atoms with E-state index in [1.165, 1.54) is 7.11 Å². The highest BCUT2D eigenvalue weighted by atomic mass is 79.9. The second-order valence-electron chi connectivity index (χ2n) is 4.78. The Morgan fingerprint density at radius 3 is 2.64 bits per heavy atom. The number of phenols is 1. The second kappa shape index (κ2) is 5.85. The lowest BCUT2D eigenvalue weighted by Gasteiger charge is -2.24. The van der Waals surface area contributed by atoms with Gasteiger partial charge in [0.1, 0.15) is 12.4 Å². The maximum absolute atomic E-state index is 12.1. The van der Waals surface area contributed by atoms with Crippen molar-refractivity contribution in [2.45, 2.75) is 6.61 Å². The van der Waals surface area contributed by atoms with Crippen LogP contribution in [0.1, 0.15) is 16.7 Å². The molecule has 2 aromatic carbocycles. The number of hydrogen-bond acceptors (Lipinski definition) is 4. The summed E-state index contributed by atoms with van der Waals surface area (Å²) in [4.78, 5) is 12.1. The molecule has 22 heavy (non-hydrogen) atoms. The molecule has 1 aliphatic rings. The fourth-order valence-electron chi connectivity index (χ4n) is 2.48. The van der Waals surface area contributed by atoms with Gasteiger partial charge in [0.25, 0.3) is 0 Å². The van der Waals surface area contributed by atoms with Crippen LogP contribution in [0.25, 0.3) is 5.57 Å². The van der Waals surface area contributed by atoms with Crippen LogP contribution < -0.4 is 0 Å². The van der Waals surface area contributed by atoms with Gasteiger partial charge in [0.15, 0.2) is 0 Å². The van der Waals surface area contributed by atoms with Crippen molar-refractivity contribution in [1.29, 1.82) is 0 Å². The summed E-state index contributed by atoms with van der Waals surface area (Å²) >= 11 is 3.32. The molecule has 0 radical (unpaired) electrons. The highest BCUT2D eigenvalue weighted by Crippen LogP contribution is 2.43. The van der Waals surface area contributed by atoms with Gasteiger partial charge in [0.05, 0.1) is 11.6 Å². The number of fused-ring (bicyclic) bond motifs is 1. The first-order valence-corrected chi connectivity index (χ1v) is 7.44. The number of benzene rings is 2. The normalized spacial score (nSPS) is 13.4. The first-order chi connectivity index (χ1) is 10.6. The minimum absolute atomic E-state index is 0.0843. The summed E-state index contributed by atoms with van der Waals surface area (Å²) in [6.45, 7) is 0.205. The Morgan fingerprint density at radius 1 is 1.23 bits per heavy atom. The van der Waals surface area contributed by atoms with E-state index < -0.39 is 5.97 Å². The van der Waals surface area contributed by atoms with Gasteiger partial charge in [-0.1, -0.05) is 36.4 Å². The lowest BCUT2D eigenvalue weighted by molar-refractivity contribution is -0.140. The van der Waals surface area contributed by atoms with Crippen molar-refractivity contribution in [3.63, 3.8) is 0 Å². The van der Waals surface area contributed by atoms with E-state index >= 15 is 0 Å². The minimum atomic E-state index is -0.566. The van der Waals surface area contributed by atoms with E-state index in [1.807, 2.05) is 36.4 Å². The topological polar surface area (TPSA) is 55.8 Å². The molecule has 0 unspecified atom stereocenters. The lowest BCUT2D eigenvalue weighted by Crippen LogP contribution is -2.17. The van der Waals surface area contributed by atoms with Crippen LogP contribution in [0.5, 0.6) is 5.75 Å². The minimum Gasteiger partial charge on any atom is -0.506 e. The lowest BCUT2D eigenvalue weighted by atomic mass is 9.90. The summed E-state index contributed by atoms with van der Waals surface area (Å²) in [7, 11) is 1.30. The molecule has 112 valence electrons. The Kier molecular flexibility index (Phi) is 3.90. The molecule has 3 rings (SSSR count). The van der Waals surface area contributed by atoms with Crippen molar-refractivity contribution in [2.24, 2.45) is 0 Å². The fraction of sp³-hybridized carbons (Fsp3) is 0.118. The third-order valence-electron chi connectivity index (χ3n) is 3.50. The van der Waals surface area contributed by atoms with Crippen molar-refractivity contribution < 1.29 is 19.4 Å². The number of rotatable bonds is 2. The third kappa shape index (κ3) is 2.37. The second-order valence-corrected chi connectivity index (χ2v) is 5.63. The highest BCUT2D eigenvalue weighted by molar-refractivity contribution is 9.10. The van der Waals surface area contributed by atoms with Crippen LogP contribution in [0, 0.1) is 0 Å². The number of carbonyl (C=O) groups is 1. The van der Waals surface area contributed by atoms with Crippen LogP contribution in [0.15, 0.2) is 52.7 Å². The molecule has 0 aliphatic carbocycles. The molecule has 2 aromatic rings. The molecule has 1 N–H and O–H groups in total. The van der Waals surface area contributed by atoms with Crippen molar-refractivity contribution in [3.05, 3.63) is 69.4 Å². The summed E-state index contributed by atoms with van der Waals surface area (Å²) in [5.74, 6) is -0.375. The van der Waals surface area contributed by atoms with Crippen molar-refractivity contribution in [3.8, 4) is 5.75 Å². The average molecular weight is 361 g/mol. The zero-order valence-corrected chi connectivity index (χ0v) is 13.4. The molecule has 0 saturated heterocycles. The molecule has 4 nitrogen and oxygen atoms in total. The van der Waals surface area contributed by atoms with E-state index in [4.69, 9.17) is 9.47 Å². The maximum Gasteiger partial charge on any atom is 0.374 e. The standard InChI is InChI=1S/C17H13BrO4/c1-21-17(20)16-14(10-5-3-2-4-6-10)13-11(9-22-16)7-8-12(18)15(13)19/h2-8,19H,9H2,1H3. The number of phenolic OH excluding ortho intramolecular Hbond substituents is 1. The Balaban J connectivity index is 2.33. The van der Waals surface area contributed by atoms with E-state index in [2.05, 4.69) is 15.9 Å². The van der Waals surface area contributed by atoms with E-state index in [0.717, 1.165) is 11.1 Å². The number of methoxy groups -OCH3 is 1. The van der Waals surface area contributed by atoms with Gasteiger partial charge in [-0.25, -0.2) is 4.79 Å². The van der Waals surface area contributed by atoms with E-state index in [1.54, 1.807) is 6.07 Å².